The molecule has 0 bridgehead atoms. The lowest BCUT2D eigenvalue weighted by molar-refractivity contribution is -0.155. The first-order chi connectivity index (χ1) is 15.3. The van der Waals surface area contributed by atoms with Crippen LogP contribution in [0.4, 0.5) is 5.69 Å². The van der Waals surface area contributed by atoms with Crippen LogP contribution >= 0.6 is 23.4 Å². The molecule has 0 aromatic heterocycles. The lowest BCUT2D eigenvalue weighted by Gasteiger charge is -2.29. The second kappa shape index (κ2) is 8.96. The Bertz CT molecular complexity index is 1090. The molecule has 4 rings (SSSR count). The van der Waals surface area contributed by atoms with Crippen LogP contribution in [-0.2, 0) is 19.1 Å². The Balaban J connectivity index is 1.41. The molecule has 2 heterocycles. The highest BCUT2D eigenvalue weighted by Crippen LogP contribution is 2.47. The molecule has 2 fully saturated rings. The van der Waals surface area contributed by atoms with Crippen molar-refractivity contribution < 1.29 is 23.9 Å². The number of anilines is 1. The van der Waals surface area contributed by atoms with Gasteiger partial charge >= 0.3 is 5.97 Å². The topological polar surface area (TPSA) is 92.8 Å². The summed E-state index contributed by atoms with van der Waals surface area (Å²) in [5, 5.41) is 2.97. The third kappa shape index (κ3) is 4.38. The van der Waals surface area contributed by atoms with Crippen molar-refractivity contribution in [2.45, 2.75) is 30.7 Å². The van der Waals surface area contributed by atoms with Gasteiger partial charge < -0.3 is 15.0 Å². The van der Waals surface area contributed by atoms with Gasteiger partial charge in [-0.25, -0.2) is 4.79 Å². The first-order valence-electron chi connectivity index (χ1n) is 10.1. The number of hydrogen-bond donors (Lipinski definition) is 1. The SMILES string of the molecule is CC12CCC(=O)N1C(C(=O)OCC(=O)Nc1ccc(Cl)cc1C(=O)c1ccccc1)CS2. The molecule has 0 saturated carbocycles. The highest BCUT2D eigenvalue weighted by atomic mass is 35.5. The molecule has 2 aliphatic heterocycles. The van der Waals surface area contributed by atoms with E-state index in [2.05, 4.69) is 5.32 Å². The van der Waals surface area contributed by atoms with Gasteiger partial charge in [-0.15, -0.1) is 11.8 Å². The maximum absolute atomic E-state index is 12.9. The fraction of sp³-hybridized carbons (Fsp3) is 0.304. The van der Waals surface area contributed by atoms with Crippen molar-refractivity contribution in [1.29, 1.82) is 0 Å². The number of carbonyl (C=O) groups excluding carboxylic acids is 4. The fourth-order valence-corrected chi connectivity index (χ4v) is 5.56. The van der Waals surface area contributed by atoms with E-state index in [0.29, 0.717) is 29.2 Å². The lowest BCUT2D eigenvalue weighted by Crippen LogP contribution is -2.47. The number of carbonyl (C=O) groups is 4. The summed E-state index contributed by atoms with van der Waals surface area (Å²) in [6.45, 7) is 1.41. The number of amides is 2. The van der Waals surface area contributed by atoms with Crippen LogP contribution in [0.15, 0.2) is 48.5 Å². The van der Waals surface area contributed by atoms with Crippen molar-refractivity contribution >= 4 is 52.6 Å². The quantitative estimate of drug-likeness (QED) is 0.511. The van der Waals surface area contributed by atoms with Crippen LogP contribution < -0.4 is 5.32 Å². The summed E-state index contributed by atoms with van der Waals surface area (Å²) in [5.74, 6) is -1.13. The van der Waals surface area contributed by atoms with Crippen molar-refractivity contribution in [2.24, 2.45) is 0 Å². The average molecular weight is 473 g/mol. The van der Waals surface area contributed by atoms with Crippen LogP contribution in [0.5, 0.6) is 0 Å². The summed E-state index contributed by atoms with van der Waals surface area (Å²) in [5.41, 5.74) is 0.950. The van der Waals surface area contributed by atoms with E-state index in [1.165, 1.54) is 12.1 Å². The number of ketones is 1. The second-order valence-electron chi connectivity index (χ2n) is 7.81. The molecule has 7 nitrogen and oxygen atoms in total. The third-order valence-electron chi connectivity index (χ3n) is 5.60. The van der Waals surface area contributed by atoms with Gasteiger partial charge in [0.15, 0.2) is 12.4 Å². The van der Waals surface area contributed by atoms with Crippen LogP contribution in [0.3, 0.4) is 0 Å². The number of ether oxygens (including phenoxy) is 1. The zero-order valence-electron chi connectivity index (χ0n) is 17.3. The van der Waals surface area contributed by atoms with E-state index in [1.807, 2.05) is 6.92 Å². The van der Waals surface area contributed by atoms with E-state index in [4.69, 9.17) is 16.3 Å². The number of hydrogen-bond acceptors (Lipinski definition) is 6. The first-order valence-corrected chi connectivity index (χ1v) is 11.5. The highest BCUT2D eigenvalue weighted by Gasteiger charge is 2.53. The third-order valence-corrected chi connectivity index (χ3v) is 7.34. The Labute approximate surface area is 194 Å². The Morgan fingerprint density at radius 2 is 1.97 bits per heavy atom. The number of nitrogens with one attached hydrogen (secondary N) is 1. The van der Waals surface area contributed by atoms with E-state index < -0.39 is 24.5 Å². The molecule has 2 aromatic carbocycles. The molecule has 9 heteroatoms. The second-order valence-corrected chi connectivity index (χ2v) is 9.74. The average Bonchev–Trinajstić information content (AvgIpc) is 3.29. The molecule has 0 radical (unpaired) electrons. The van der Waals surface area contributed by atoms with E-state index in [-0.39, 0.29) is 27.8 Å². The minimum Gasteiger partial charge on any atom is -0.454 e. The van der Waals surface area contributed by atoms with Crippen molar-refractivity contribution in [1.82, 2.24) is 4.90 Å². The number of rotatable bonds is 6. The molecule has 32 heavy (non-hydrogen) atoms. The fourth-order valence-electron chi connectivity index (χ4n) is 3.97. The maximum Gasteiger partial charge on any atom is 0.330 e. The standard InChI is InChI=1S/C23H21ClN2O5S/c1-23-10-9-20(28)26(23)18(13-32-23)22(30)31-12-19(27)25-17-8-7-15(24)11-16(17)21(29)14-5-3-2-4-6-14/h2-8,11,18H,9-10,12-13H2,1H3,(H,25,27). The van der Waals surface area contributed by atoms with Gasteiger partial charge in [-0.3, -0.25) is 14.4 Å². The molecule has 2 saturated heterocycles. The molecule has 2 unspecified atom stereocenters. The monoisotopic (exact) mass is 472 g/mol. The normalized spacial score (nSPS) is 21.9. The van der Waals surface area contributed by atoms with Crippen LogP contribution in [0.2, 0.25) is 5.02 Å². The number of nitrogens with zero attached hydrogens (tertiary/aromatic N) is 1. The molecule has 166 valence electrons. The van der Waals surface area contributed by atoms with Crippen LogP contribution in [0.25, 0.3) is 0 Å². The van der Waals surface area contributed by atoms with E-state index in [0.717, 1.165) is 0 Å². The van der Waals surface area contributed by atoms with Gasteiger partial charge in [0.05, 0.1) is 10.6 Å². The van der Waals surface area contributed by atoms with Gasteiger partial charge in [0.2, 0.25) is 5.91 Å². The lowest BCUT2D eigenvalue weighted by atomic mass is 10.0. The van der Waals surface area contributed by atoms with Gasteiger partial charge in [0, 0.05) is 28.3 Å². The van der Waals surface area contributed by atoms with E-state index >= 15 is 0 Å². The Kier molecular flexibility index (Phi) is 6.26. The summed E-state index contributed by atoms with van der Waals surface area (Å²) in [7, 11) is 0. The Morgan fingerprint density at radius 3 is 2.72 bits per heavy atom. The number of halogens is 1. The number of esters is 1. The van der Waals surface area contributed by atoms with E-state index in [9.17, 15) is 19.2 Å². The van der Waals surface area contributed by atoms with Crippen LogP contribution in [0, 0.1) is 0 Å². The molecule has 0 aliphatic carbocycles. The van der Waals surface area contributed by atoms with Crippen LogP contribution in [-0.4, -0.2) is 51.7 Å². The van der Waals surface area contributed by atoms with Crippen molar-refractivity contribution in [3.8, 4) is 0 Å². The molecular formula is C23H21ClN2O5S. The van der Waals surface area contributed by atoms with Crippen LogP contribution in [0.1, 0.15) is 35.7 Å². The van der Waals surface area contributed by atoms with Gasteiger partial charge in [0.1, 0.15) is 6.04 Å². The summed E-state index contributed by atoms with van der Waals surface area (Å²) in [6.07, 6.45) is 1.10. The van der Waals surface area contributed by atoms with Gasteiger partial charge in [0.25, 0.3) is 5.91 Å². The summed E-state index contributed by atoms with van der Waals surface area (Å²) < 4.78 is 5.20. The molecule has 1 N–H and O–H groups in total. The van der Waals surface area contributed by atoms with E-state index in [1.54, 1.807) is 53.1 Å². The minimum absolute atomic E-state index is 0.0749. The molecule has 0 spiro atoms. The predicted octanol–water partition coefficient (Wildman–Crippen LogP) is 3.51. The zero-order chi connectivity index (χ0) is 22.9. The van der Waals surface area contributed by atoms with Crippen molar-refractivity contribution in [2.75, 3.05) is 17.7 Å². The molecule has 2 aromatic rings. The molecule has 2 aliphatic rings. The Hall–Kier alpha value is -2.84. The minimum atomic E-state index is -0.696. The van der Waals surface area contributed by atoms with Gasteiger partial charge in [-0.05, 0) is 31.5 Å². The summed E-state index contributed by atoms with van der Waals surface area (Å²) in [4.78, 5) is 51.3. The molecule has 2 amide bonds. The predicted molar refractivity (Wildman–Crippen MR) is 122 cm³/mol. The number of fused-ring (bicyclic) bond motifs is 1. The molecule has 2 atom stereocenters. The smallest absolute Gasteiger partial charge is 0.330 e. The zero-order valence-corrected chi connectivity index (χ0v) is 18.9. The molecular weight excluding hydrogens is 452 g/mol. The van der Waals surface area contributed by atoms with Gasteiger partial charge in [-0.2, -0.15) is 0 Å². The number of thioether (sulfide) groups is 1. The Morgan fingerprint density at radius 1 is 1.22 bits per heavy atom. The number of benzene rings is 2. The largest absolute Gasteiger partial charge is 0.454 e. The highest BCUT2D eigenvalue weighted by molar-refractivity contribution is 8.01. The van der Waals surface area contributed by atoms with Crippen molar-refractivity contribution in [3.63, 3.8) is 0 Å². The van der Waals surface area contributed by atoms with Crippen molar-refractivity contribution in [3.05, 3.63) is 64.7 Å². The van der Waals surface area contributed by atoms with Gasteiger partial charge in [-0.1, -0.05) is 41.9 Å². The first kappa shape index (κ1) is 22.4. The summed E-state index contributed by atoms with van der Waals surface area (Å²) >= 11 is 7.61. The maximum atomic E-state index is 12.9. The summed E-state index contributed by atoms with van der Waals surface area (Å²) in [6, 6.07) is 12.5.